The fourth-order valence-corrected chi connectivity index (χ4v) is 1.88. The summed E-state index contributed by atoms with van der Waals surface area (Å²) in [5.74, 6) is -2.57. The quantitative estimate of drug-likeness (QED) is 0.844. The summed E-state index contributed by atoms with van der Waals surface area (Å²) in [6.45, 7) is 1.95. The predicted molar refractivity (Wildman–Crippen MR) is 58.4 cm³/mol. The molecule has 19 heavy (non-hydrogen) atoms. The number of nitrogens with zero attached hydrogens (tertiary/aromatic N) is 1. The van der Waals surface area contributed by atoms with Crippen LogP contribution >= 0.6 is 0 Å². The summed E-state index contributed by atoms with van der Waals surface area (Å²) in [6.07, 6.45) is -5.73. The van der Waals surface area contributed by atoms with Crippen molar-refractivity contribution in [3.8, 4) is 0 Å². The van der Waals surface area contributed by atoms with Crippen molar-refractivity contribution in [3.05, 3.63) is 0 Å². The van der Waals surface area contributed by atoms with Crippen LogP contribution in [0.25, 0.3) is 0 Å². The van der Waals surface area contributed by atoms with E-state index in [0.29, 0.717) is 0 Å². The summed E-state index contributed by atoms with van der Waals surface area (Å²) in [5.41, 5.74) is -2.86. The molecule has 0 spiro atoms. The number of rotatable bonds is 4. The van der Waals surface area contributed by atoms with Gasteiger partial charge in [-0.05, 0) is 20.3 Å². The standard InChI is InChI=1S/C11H16F3NO4/c1-7(2)19-5-8(16)15-4-3-10(6-15,9(17)18)11(12,13)14/h7H,3-6H2,1-2H3,(H,17,18). The molecule has 0 aliphatic carbocycles. The first-order valence-corrected chi connectivity index (χ1v) is 5.79. The van der Waals surface area contributed by atoms with Crippen LogP contribution in [0, 0.1) is 5.41 Å². The molecule has 0 aromatic rings. The molecule has 0 aromatic carbocycles. The number of carboxylic acid groups (broad SMARTS) is 1. The van der Waals surface area contributed by atoms with Gasteiger partial charge in [-0.2, -0.15) is 13.2 Å². The van der Waals surface area contributed by atoms with Gasteiger partial charge < -0.3 is 14.7 Å². The minimum absolute atomic E-state index is 0.224. The van der Waals surface area contributed by atoms with E-state index in [0.717, 1.165) is 4.90 Å². The first-order chi connectivity index (χ1) is 8.60. The third-order valence-corrected chi connectivity index (χ3v) is 3.11. The van der Waals surface area contributed by atoms with Gasteiger partial charge in [0, 0.05) is 13.1 Å². The Labute approximate surface area is 108 Å². The zero-order valence-electron chi connectivity index (χ0n) is 10.7. The monoisotopic (exact) mass is 283 g/mol. The molecule has 5 nitrogen and oxygen atoms in total. The second kappa shape index (κ2) is 5.36. The van der Waals surface area contributed by atoms with Gasteiger partial charge in [-0.1, -0.05) is 0 Å². The molecular formula is C11H16F3NO4. The fourth-order valence-electron chi connectivity index (χ4n) is 1.88. The Kier molecular flexibility index (Phi) is 4.44. The maximum atomic E-state index is 12.9. The Morgan fingerprint density at radius 3 is 2.37 bits per heavy atom. The van der Waals surface area contributed by atoms with Crippen molar-refractivity contribution in [1.29, 1.82) is 0 Å². The van der Waals surface area contributed by atoms with Crippen molar-refractivity contribution in [2.75, 3.05) is 19.7 Å². The molecule has 110 valence electrons. The van der Waals surface area contributed by atoms with Gasteiger partial charge in [0.2, 0.25) is 5.91 Å². The number of likely N-dealkylation sites (tertiary alicyclic amines) is 1. The maximum absolute atomic E-state index is 12.9. The van der Waals surface area contributed by atoms with Crippen molar-refractivity contribution in [3.63, 3.8) is 0 Å². The molecule has 1 amide bonds. The summed E-state index contributed by atoms with van der Waals surface area (Å²) in [7, 11) is 0. The minimum Gasteiger partial charge on any atom is -0.481 e. The molecule has 1 fully saturated rings. The van der Waals surface area contributed by atoms with Gasteiger partial charge >= 0.3 is 12.1 Å². The summed E-state index contributed by atoms with van der Waals surface area (Å²) >= 11 is 0. The maximum Gasteiger partial charge on any atom is 0.406 e. The van der Waals surface area contributed by atoms with Crippen molar-refractivity contribution in [1.82, 2.24) is 4.90 Å². The normalized spacial score (nSPS) is 24.0. The zero-order valence-corrected chi connectivity index (χ0v) is 10.7. The van der Waals surface area contributed by atoms with E-state index in [1.807, 2.05) is 0 Å². The SMILES string of the molecule is CC(C)OCC(=O)N1CCC(C(=O)O)(C(F)(F)F)C1. The Balaban J connectivity index is 2.75. The lowest BCUT2D eigenvalue weighted by Crippen LogP contribution is -2.48. The van der Waals surface area contributed by atoms with Crippen molar-refractivity contribution >= 4 is 11.9 Å². The van der Waals surface area contributed by atoms with Gasteiger partial charge in [-0.25, -0.2) is 0 Å². The van der Waals surface area contributed by atoms with Crippen LogP contribution in [-0.4, -0.2) is 53.9 Å². The lowest BCUT2D eigenvalue weighted by Gasteiger charge is -2.27. The highest BCUT2D eigenvalue weighted by Gasteiger charge is 2.64. The Morgan fingerprint density at radius 2 is 2.00 bits per heavy atom. The molecular weight excluding hydrogens is 267 g/mol. The van der Waals surface area contributed by atoms with E-state index >= 15 is 0 Å². The molecule has 1 saturated heterocycles. The second-order valence-corrected chi connectivity index (χ2v) is 4.81. The molecule has 1 heterocycles. The highest BCUT2D eigenvalue weighted by Crippen LogP contribution is 2.45. The van der Waals surface area contributed by atoms with Crippen LogP contribution in [0.15, 0.2) is 0 Å². The van der Waals surface area contributed by atoms with E-state index in [-0.39, 0.29) is 19.3 Å². The largest absolute Gasteiger partial charge is 0.481 e. The summed E-state index contributed by atoms with van der Waals surface area (Å²) in [6, 6.07) is 0. The van der Waals surface area contributed by atoms with Crippen LogP contribution in [0.1, 0.15) is 20.3 Å². The highest BCUT2D eigenvalue weighted by molar-refractivity contribution is 5.82. The third kappa shape index (κ3) is 3.17. The van der Waals surface area contributed by atoms with Gasteiger partial charge in [-0.3, -0.25) is 9.59 Å². The Bertz CT molecular complexity index is 369. The number of carbonyl (C=O) groups excluding carboxylic acids is 1. The minimum atomic E-state index is -4.88. The van der Waals surface area contributed by atoms with Crippen molar-refractivity contribution in [2.45, 2.75) is 32.5 Å². The number of ether oxygens (including phenoxy) is 1. The number of amides is 1. The summed E-state index contributed by atoms with van der Waals surface area (Å²) in [4.78, 5) is 23.4. The van der Waals surface area contributed by atoms with Crippen LogP contribution < -0.4 is 0 Å². The second-order valence-electron chi connectivity index (χ2n) is 4.81. The number of alkyl halides is 3. The van der Waals surface area contributed by atoms with E-state index in [4.69, 9.17) is 9.84 Å². The van der Waals surface area contributed by atoms with E-state index in [1.54, 1.807) is 13.8 Å². The van der Waals surface area contributed by atoms with Crippen LogP contribution in [0.2, 0.25) is 0 Å². The molecule has 1 atom stereocenters. The number of carbonyl (C=O) groups is 2. The molecule has 1 aliphatic heterocycles. The number of hydrogen-bond donors (Lipinski definition) is 1. The number of carboxylic acids is 1. The van der Waals surface area contributed by atoms with Gasteiger partial charge in [0.15, 0.2) is 5.41 Å². The molecule has 0 radical (unpaired) electrons. The van der Waals surface area contributed by atoms with E-state index < -0.39 is 36.4 Å². The van der Waals surface area contributed by atoms with Crippen molar-refractivity contribution in [2.24, 2.45) is 5.41 Å². The topological polar surface area (TPSA) is 66.8 Å². The average Bonchev–Trinajstić information content (AvgIpc) is 2.71. The van der Waals surface area contributed by atoms with E-state index in [9.17, 15) is 22.8 Å². The highest BCUT2D eigenvalue weighted by atomic mass is 19.4. The van der Waals surface area contributed by atoms with Gasteiger partial charge in [-0.15, -0.1) is 0 Å². The predicted octanol–water partition coefficient (Wildman–Crippen LogP) is 1.28. The third-order valence-electron chi connectivity index (χ3n) is 3.11. The Hall–Kier alpha value is -1.31. The Morgan fingerprint density at radius 1 is 1.42 bits per heavy atom. The average molecular weight is 283 g/mol. The van der Waals surface area contributed by atoms with Crippen LogP contribution in [0.3, 0.4) is 0 Å². The lowest BCUT2D eigenvalue weighted by molar-refractivity contribution is -0.227. The van der Waals surface area contributed by atoms with E-state index in [1.165, 1.54) is 0 Å². The number of aliphatic carboxylic acids is 1. The number of halogens is 3. The molecule has 0 bridgehead atoms. The molecule has 1 rings (SSSR count). The summed E-state index contributed by atoms with van der Waals surface area (Å²) in [5, 5.41) is 8.83. The zero-order chi connectivity index (χ0) is 14.8. The van der Waals surface area contributed by atoms with E-state index in [2.05, 4.69) is 0 Å². The van der Waals surface area contributed by atoms with Crippen LogP contribution in [0.5, 0.6) is 0 Å². The molecule has 1 N–H and O–H groups in total. The van der Waals surface area contributed by atoms with Gasteiger partial charge in [0.05, 0.1) is 6.10 Å². The smallest absolute Gasteiger partial charge is 0.406 e. The molecule has 1 aliphatic rings. The van der Waals surface area contributed by atoms with Gasteiger partial charge in [0.25, 0.3) is 0 Å². The lowest BCUT2D eigenvalue weighted by atomic mass is 9.86. The fraction of sp³-hybridized carbons (Fsp3) is 0.818. The molecule has 8 heteroatoms. The first-order valence-electron chi connectivity index (χ1n) is 5.79. The first kappa shape index (κ1) is 15.7. The van der Waals surface area contributed by atoms with Crippen LogP contribution in [-0.2, 0) is 14.3 Å². The molecule has 0 aromatic heterocycles. The summed E-state index contributed by atoms with van der Waals surface area (Å²) < 4.78 is 43.6. The van der Waals surface area contributed by atoms with Gasteiger partial charge in [0.1, 0.15) is 6.61 Å². The number of hydrogen-bond acceptors (Lipinski definition) is 3. The molecule has 1 unspecified atom stereocenters. The van der Waals surface area contributed by atoms with Crippen LogP contribution in [0.4, 0.5) is 13.2 Å². The van der Waals surface area contributed by atoms with Crippen molar-refractivity contribution < 1.29 is 32.6 Å². The molecule has 0 saturated carbocycles.